The molecule has 0 aromatic heterocycles. The average Bonchev–Trinajstić information content (AvgIpc) is 2.88. The molecule has 0 saturated heterocycles. The number of Topliss-reactive ketones (excluding diaryl/α,β-unsaturated/α-hetero) is 1. The molecule has 5 heteroatoms. The zero-order valence-corrected chi connectivity index (χ0v) is 20.0. The molecule has 176 valence electrons. The molecule has 0 fully saturated rings. The second-order valence-electron chi connectivity index (χ2n) is 8.34. The number of anilines is 1. The van der Waals surface area contributed by atoms with E-state index in [1.807, 2.05) is 60.7 Å². The summed E-state index contributed by atoms with van der Waals surface area (Å²) in [6.07, 6.45) is 0.599. The molecule has 2 N–H and O–H groups in total. The number of aliphatic carboxylic acids is 1. The topological polar surface area (TPSA) is 66.4 Å². The van der Waals surface area contributed by atoms with E-state index in [2.05, 4.69) is 41.7 Å². The van der Waals surface area contributed by atoms with Crippen molar-refractivity contribution in [1.82, 2.24) is 0 Å². The molecule has 4 aromatic rings. The predicted octanol–water partition coefficient (Wildman–Crippen LogP) is 7.72. The fourth-order valence-electron chi connectivity index (χ4n) is 3.96. The van der Waals surface area contributed by atoms with Crippen molar-refractivity contribution in [2.75, 3.05) is 5.32 Å². The van der Waals surface area contributed by atoms with Gasteiger partial charge in [0.1, 0.15) is 0 Å². The molecule has 0 bridgehead atoms. The fraction of sp³-hybridized carbons (Fsp3) is 0.133. The lowest BCUT2D eigenvalue weighted by atomic mass is 9.97. The molecule has 0 unspecified atom stereocenters. The van der Waals surface area contributed by atoms with Crippen molar-refractivity contribution < 1.29 is 14.7 Å². The number of hydrogen-bond donors (Lipinski definition) is 2. The van der Waals surface area contributed by atoms with Gasteiger partial charge >= 0.3 is 5.97 Å². The molecule has 0 atom stereocenters. The van der Waals surface area contributed by atoms with Crippen LogP contribution in [0.15, 0.2) is 97.1 Å². The van der Waals surface area contributed by atoms with Crippen molar-refractivity contribution >= 4 is 29.0 Å². The van der Waals surface area contributed by atoms with Gasteiger partial charge in [0.25, 0.3) is 0 Å². The van der Waals surface area contributed by atoms with Gasteiger partial charge in [-0.05, 0) is 58.5 Å². The molecule has 0 aliphatic rings. The van der Waals surface area contributed by atoms with E-state index in [0.29, 0.717) is 18.5 Å². The summed E-state index contributed by atoms with van der Waals surface area (Å²) in [4.78, 5) is 23.0. The third-order valence-electron chi connectivity index (χ3n) is 5.88. The van der Waals surface area contributed by atoms with Crippen molar-refractivity contribution in [3.8, 4) is 22.3 Å². The summed E-state index contributed by atoms with van der Waals surface area (Å²) in [5, 5.41) is 13.0. The summed E-state index contributed by atoms with van der Waals surface area (Å²) in [5.74, 6) is -0.911. The van der Waals surface area contributed by atoms with E-state index >= 15 is 0 Å². The number of ketones is 1. The van der Waals surface area contributed by atoms with Crippen molar-refractivity contribution in [2.45, 2.75) is 25.8 Å². The quantitative estimate of drug-likeness (QED) is 0.226. The minimum Gasteiger partial charge on any atom is -0.481 e. The fourth-order valence-corrected chi connectivity index (χ4v) is 4.08. The van der Waals surface area contributed by atoms with Crippen LogP contribution in [0.4, 0.5) is 5.69 Å². The molecule has 35 heavy (non-hydrogen) atoms. The molecule has 0 saturated carbocycles. The van der Waals surface area contributed by atoms with Crippen LogP contribution < -0.4 is 5.32 Å². The van der Waals surface area contributed by atoms with Crippen LogP contribution in [0, 0.1) is 0 Å². The monoisotopic (exact) mass is 483 g/mol. The summed E-state index contributed by atoms with van der Waals surface area (Å²) in [7, 11) is 0. The summed E-state index contributed by atoms with van der Waals surface area (Å²) in [6, 6.07) is 31.8. The van der Waals surface area contributed by atoms with E-state index in [0.717, 1.165) is 38.5 Å². The smallest absolute Gasteiger partial charge is 0.303 e. The number of hydrogen-bond acceptors (Lipinski definition) is 3. The molecule has 0 aliphatic carbocycles. The summed E-state index contributed by atoms with van der Waals surface area (Å²) in [5.41, 5.74) is 7.16. The molecular weight excluding hydrogens is 458 g/mol. The van der Waals surface area contributed by atoms with Gasteiger partial charge in [0.2, 0.25) is 0 Å². The van der Waals surface area contributed by atoms with Crippen LogP contribution >= 0.6 is 11.6 Å². The highest BCUT2D eigenvalue weighted by Crippen LogP contribution is 2.27. The predicted molar refractivity (Wildman–Crippen MR) is 142 cm³/mol. The Hall–Kier alpha value is -3.89. The van der Waals surface area contributed by atoms with Gasteiger partial charge in [-0.15, -0.1) is 0 Å². The van der Waals surface area contributed by atoms with Gasteiger partial charge < -0.3 is 10.4 Å². The number of nitrogens with one attached hydrogen (secondary N) is 1. The molecule has 0 aliphatic heterocycles. The average molecular weight is 484 g/mol. The second kappa shape index (κ2) is 11.5. The first-order valence-electron chi connectivity index (χ1n) is 11.5. The minimum atomic E-state index is -0.879. The first-order chi connectivity index (χ1) is 17.0. The van der Waals surface area contributed by atoms with E-state index in [1.54, 1.807) is 0 Å². The standard InChI is InChI=1S/C30H26ClNO3/c31-26-16-12-21(13-17-26)22-14-18-27(19-15-22)32-20-25-4-1-2-5-28(25)23-8-10-24(11-9-23)29(33)6-3-7-30(34)35/h1-2,4-5,8-19,32H,3,6-7,20H2,(H,34,35). The molecular formula is C30H26ClNO3. The largest absolute Gasteiger partial charge is 0.481 e. The highest BCUT2D eigenvalue weighted by atomic mass is 35.5. The third kappa shape index (κ3) is 6.58. The number of carbonyl (C=O) groups is 2. The molecule has 4 rings (SSSR count). The lowest BCUT2D eigenvalue weighted by Crippen LogP contribution is -2.02. The lowest BCUT2D eigenvalue weighted by Gasteiger charge is -2.13. The Kier molecular flexibility index (Phi) is 7.96. The van der Waals surface area contributed by atoms with Gasteiger partial charge in [0.15, 0.2) is 5.78 Å². The van der Waals surface area contributed by atoms with Gasteiger partial charge in [0, 0.05) is 35.7 Å². The van der Waals surface area contributed by atoms with Crippen LogP contribution in [-0.2, 0) is 11.3 Å². The van der Waals surface area contributed by atoms with Crippen molar-refractivity contribution in [3.05, 3.63) is 113 Å². The van der Waals surface area contributed by atoms with Crippen molar-refractivity contribution in [3.63, 3.8) is 0 Å². The minimum absolute atomic E-state index is 0.00799. The van der Waals surface area contributed by atoms with Crippen LogP contribution in [0.2, 0.25) is 5.02 Å². The highest BCUT2D eigenvalue weighted by Gasteiger charge is 2.09. The summed E-state index contributed by atoms with van der Waals surface area (Å²) in [6.45, 7) is 0.659. The Bertz CT molecular complexity index is 1300. The van der Waals surface area contributed by atoms with Crippen LogP contribution in [0.3, 0.4) is 0 Å². The Morgan fingerprint density at radius 2 is 1.31 bits per heavy atom. The number of carboxylic acid groups (broad SMARTS) is 1. The van der Waals surface area contributed by atoms with Crippen LogP contribution in [-0.4, -0.2) is 16.9 Å². The Labute approximate surface area is 210 Å². The van der Waals surface area contributed by atoms with Crippen LogP contribution in [0.5, 0.6) is 0 Å². The van der Waals surface area contributed by atoms with E-state index in [9.17, 15) is 9.59 Å². The second-order valence-corrected chi connectivity index (χ2v) is 8.78. The molecule has 0 radical (unpaired) electrons. The number of carbonyl (C=O) groups excluding carboxylic acids is 1. The Balaban J connectivity index is 1.41. The first kappa shape index (κ1) is 24.2. The SMILES string of the molecule is O=C(O)CCCC(=O)c1ccc(-c2ccccc2CNc2ccc(-c3ccc(Cl)cc3)cc2)cc1. The zero-order valence-electron chi connectivity index (χ0n) is 19.2. The van der Waals surface area contributed by atoms with Crippen LogP contribution in [0.1, 0.15) is 35.2 Å². The molecule has 4 nitrogen and oxygen atoms in total. The van der Waals surface area contributed by atoms with E-state index in [-0.39, 0.29) is 18.6 Å². The number of benzene rings is 4. The zero-order chi connectivity index (χ0) is 24.6. The van der Waals surface area contributed by atoms with Crippen molar-refractivity contribution in [2.24, 2.45) is 0 Å². The van der Waals surface area contributed by atoms with Gasteiger partial charge in [-0.1, -0.05) is 84.4 Å². The first-order valence-corrected chi connectivity index (χ1v) is 11.9. The summed E-state index contributed by atoms with van der Waals surface area (Å²) < 4.78 is 0. The number of carboxylic acids is 1. The third-order valence-corrected chi connectivity index (χ3v) is 6.13. The number of halogens is 1. The Morgan fingerprint density at radius 3 is 1.97 bits per heavy atom. The van der Waals surface area contributed by atoms with Gasteiger partial charge in [-0.25, -0.2) is 0 Å². The number of rotatable bonds is 10. The van der Waals surface area contributed by atoms with Gasteiger partial charge in [-0.2, -0.15) is 0 Å². The normalized spacial score (nSPS) is 10.7. The van der Waals surface area contributed by atoms with E-state index in [4.69, 9.17) is 16.7 Å². The molecule has 4 aromatic carbocycles. The summed E-state index contributed by atoms with van der Waals surface area (Å²) >= 11 is 5.99. The van der Waals surface area contributed by atoms with Gasteiger partial charge in [-0.3, -0.25) is 9.59 Å². The van der Waals surface area contributed by atoms with E-state index < -0.39 is 5.97 Å². The highest BCUT2D eigenvalue weighted by molar-refractivity contribution is 6.30. The van der Waals surface area contributed by atoms with Crippen molar-refractivity contribution in [1.29, 1.82) is 0 Å². The maximum Gasteiger partial charge on any atom is 0.303 e. The molecule has 0 heterocycles. The Morgan fingerprint density at radius 1 is 0.714 bits per heavy atom. The van der Waals surface area contributed by atoms with Gasteiger partial charge in [0.05, 0.1) is 0 Å². The maximum absolute atomic E-state index is 12.3. The molecule has 0 spiro atoms. The molecule has 0 amide bonds. The lowest BCUT2D eigenvalue weighted by molar-refractivity contribution is -0.137. The maximum atomic E-state index is 12.3. The van der Waals surface area contributed by atoms with Crippen LogP contribution in [0.25, 0.3) is 22.3 Å². The van der Waals surface area contributed by atoms with E-state index in [1.165, 1.54) is 0 Å².